The highest BCUT2D eigenvalue weighted by atomic mass is 16.5. The van der Waals surface area contributed by atoms with Crippen molar-refractivity contribution in [2.75, 3.05) is 41.4 Å². The first-order valence-electron chi connectivity index (χ1n) is 10.1. The third-order valence-electron chi connectivity index (χ3n) is 5.34. The molecule has 1 aliphatic heterocycles. The van der Waals surface area contributed by atoms with E-state index in [2.05, 4.69) is 0 Å². The predicted molar refractivity (Wildman–Crippen MR) is 118 cm³/mol. The third-order valence-corrected chi connectivity index (χ3v) is 5.34. The molecule has 1 aliphatic rings. The molecule has 1 saturated heterocycles. The highest BCUT2D eigenvalue weighted by Crippen LogP contribution is 2.40. The van der Waals surface area contributed by atoms with Crippen molar-refractivity contribution in [2.24, 2.45) is 0 Å². The Morgan fingerprint density at radius 3 is 2.03 bits per heavy atom. The summed E-state index contributed by atoms with van der Waals surface area (Å²) < 4.78 is 10.4. The number of rotatable bonds is 8. The number of nitrogens with zero attached hydrogens (tertiary/aromatic N) is 2. The molecule has 0 unspecified atom stereocenters. The van der Waals surface area contributed by atoms with E-state index in [1.165, 1.54) is 0 Å². The number of Topliss-reactive ketones (excluding diaryl/α,β-unsaturated/α-hetero) is 1. The summed E-state index contributed by atoms with van der Waals surface area (Å²) in [6, 6.07) is 13.2. The van der Waals surface area contributed by atoms with Gasteiger partial charge in [0.15, 0.2) is 0 Å². The molecule has 31 heavy (non-hydrogen) atoms. The molecule has 0 saturated carbocycles. The molecule has 0 aromatic heterocycles. The van der Waals surface area contributed by atoms with E-state index in [0.29, 0.717) is 30.0 Å². The summed E-state index contributed by atoms with van der Waals surface area (Å²) in [5.41, 5.74) is 1.27. The molecule has 3 rings (SSSR count). The van der Waals surface area contributed by atoms with Crippen LogP contribution in [0.1, 0.15) is 23.6 Å². The molecular weight excluding hydrogens is 396 g/mol. The second-order valence-corrected chi connectivity index (χ2v) is 7.65. The van der Waals surface area contributed by atoms with Gasteiger partial charge < -0.3 is 24.4 Å². The zero-order chi connectivity index (χ0) is 22.5. The van der Waals surface area contributed by atoms with Crippen LogP contribution in [0.25, 0.3) is 5.76 Å². The lowest BCUT2D eigenvalue weighted by atomic mass is 9.95. The SMILES string of the molecule is COc1ccc(C(O)=C2C(=O)C(=O)N(CCCN(C)C)[C@@H]2c2ccc(OC)cc2)cc1. The lowest BCUT2D eigenvalue weighted by Crippen LogP contribution is -2.32. The maximum absolute atomic E-state index is 13.0. The highest BCUT2D eigenvalue weighted by molar-refractivity contribution is 6.46. The normalized spacial score (nSPS) is 18.0. The van der Waals surface area contributed by atoms with Crippen molar-refractivity contribution in [3.05, 3.63) is 65.2 Å². The van der Waals surface area contributed by atoms with Crippen LogP contribution in [0.3, 0.4) is 0 Å². The number of amides is 1. The van der Waals surface area contributed by atoms with Gasteiger partial charge in [-0.2, -0.15) is 0 Å². The first-order valence-corrected chi connectivity index (χ1v) is 10.1. The molecule has 1 amide bonds. The van der Waals surface area contributed by atoms with Crippen molar-refractivity contribution < 1.29 is 24.2 Å². The molecular formula is C24H28N2O5. The number of methoxy groups -OCH3 is 2. The van der Waals surface area contributed by atoms with Gasteiger partial charge in [-0.3, -0.25) is 9.59 Å². The predicted octanol–water partition coefficient (Wildman–Crippen LogP) is 3.08. The minimum absolute atomic E-state index is 0.0881. The maximum Gasteiger partial charge on any atom is 0.295 e. The largest absolute Gasteiger partial charge is 0.507 e. The molecule has 1 heterocycles. The lowest BCUT2D eigenvalue weighted by molar-refractivity contribution is -0.139. The van der Waals surface area contributed by atoms with Crippen LogP contribution in [-0.4, -0.2) is 68.0 Å². The fourth-order valence-corrected chi connectivity index (χ4v) is 3.71. The summed E-state index contributed by atoms with van der Waals surface area (Å²) in [7, 11) is 7.04. The van der Waals surface area contributed by atoms with Gasteiger partial charge in [-0.05, 0) is 69.0 Å². The van der Waals surface area contributed by atoms with Crippen LogP contribution in [0.15, 0.2) is 54.1 Å². The number of ketones is 1. The number of aliphatic hydroxyl groups excluding tert-OH is 1. The van der Waals surface area contributed by atoms with E-state index >= 15 is 0 Å². The molecule has 0 bridgehead atoms. The van der Waals surface area contributed by atoms with Gasteiger partial charge >= 0.3 is 0 Å². The molecule has 0 aliphatic carbocycles. The number of hydrogen-bond acceptors (Lipinski definition) is 6. The summed E-state index contributed by atoms with van der Waals surface area (Å²) in [5.74, 6) is -0.179. The first-order chi connectivity index (χ1) is 14.9. The Bertz CT molecular complexity index is 964. The molecule has 1 atom stereocenters. The molecule has 7 nitrogen and oxygen atoms in total. The molecule has 0 radical (unpaired) electrons. The standard InChI is InChI=1S/C24H28N2O5/c1-25(2)14-5-15-26-21(16-6-10-18(30-3)11-7-16)20(23(28)24(26)29)22(27)17-8-12-19(31-4)13-9-17/h6-13,21,27H,5,14-15H2,1-4H3/t21-/m1/s1. The number of ether oxygens (including phenoxy) is 2. The van der Waals surface area contributed by atoms with E-state index in [4.69, 9.17) is 9.47 Å². The number of hydrogen-bond donors (Lipinski definition) is 1. The van der Waals surface area contributed by atoms with Gasteiger partial charge in [0.2, 0.25) is 0 Å². The van der Waals surface area contributed by atoms with Gasteiger partial charge in [-0.25, -0.2) is 0 Å². The topological polar surface area (TPSA) is 79.3 Å². The van der Waals surface area contributed by atoms with Gasteiger partial charge in [0, 0.05) is 12.1 Å². The van der Waals surface area contributed by atoms with Crippen LogP contribution >= 0.6 is 0 Å². The Morgan fingerprint density at radius 1 is 0.968 bits per heavy atom. The minimum Gasteiger partial charge on any atom is -0.507 e. The fraction of sp³-hybridized carbons (Fsp3) is 0.333. The summed E-state index contributed by atoms with van der Waals surface area (Å²) in [5, 5.41) is 11.0. The van der Waals surface area contributed by atoms with Crippen molar-refractivity contribution in [3.8, 4) is 11.5 Å². The third kappa shape index (κ3) is 4.72. The zero-order valence-electron chi connectivity index (χ0n) is 18.3. The zero-order valence-corrected chi connectivity index (χ0v) is 18.3. The van der Waals surface area contributed by atoms with E-state index in [-0.39, 0.29) is 11.3 Å². The van der Waals surface area contributed by atoms with Crippen LogP contribution in [0.5, 0.6) is 11.5 Å². The number of carbonyl (C=O) groups is 2. The van der Waals surface area contributed by atoms with Crippen molar-refractivity contribution in [3.63, 3.8) is 0 Å². The van der Waals surface area contributed by atoms with Crippen LogP contribution in [0.2, 0.25) is 0 Å². The molecule has 1 fully saturated rings. The van der Waals surface area contributed by atoms with Crippen molar-refractivity contribution in [1.29, 1.82) is 0 Å². The molecule has 164 valence electrons. The maximum atomic E-state index is 13.0. The lowest BCUT2D eigenvalue weighted by Gasteiger charge is -2.26. The van der Waals surface area contributed by atoms with E-state index in [1.807, 2.05) is 31.1 Å². The minimum atomic E-state index is -0.681. The van der Waals surface area contributed by atoms with Gasteiger partial charge in [0.1, 0.15) is 17.3 Å². The van der Waals surface area contributed by atoms with E-state index in [1.54, 1.807) is 55.5 Å². The Morgan fingerprint density at radius 2 is 1.52 bits per heavy atom. The second kappa shape index (κ2) is 9.66. The van der Waals surface area contributed by atoms with Crippen LogP contribution in [-0.2, 0) is 9.59 Å². The average molecular weight is 424 g/mol. The number of likely N-dealkylation sites (tertiary alicyclic amines) is 1. The first kappa shape index (κ1) is 22.4. The second-order valence-electron chi connectivity index (χ2n) is 7.65. The quantitative estimate of drug-likeness (QED) is 0.399. The summed E-state index contributed by atoms with van der Waals surface area (Å²) >= 11 is 0. The summed E-state index contributed by atoms with van der Waals surface area (Å²) in [4.78, 5) is 29.5. The Labute approximate surface area is 182 Å². The smallest absolute Gasteiger partial charge is 0.295 e. The van der Waals surface area contributed by atoms with Gasteiger partial charge in [0.25, 0.3) is 11.7 Å². The number of benzene rings is 2. The molecule has 1 N–H and O–H groups in total. The monoisotopic (exact) mass is 424 g/mol. The van der Waals surface area contributed by atoms with Gasteiger partial charge in [-0.15, -0.1) is 0 Å². The Kier molecular flexibility index (Phi) is 6.97. The Balaban J connectivity index is 2.06. The summed E-state index contributed by atoms with van der Waals surface area (Å²) in [6.45, 7) is 1.18. The molecule has 0 spiro atoms. The van der Waals surface area contributed by atoms with Crippen LogP contribution < -0.4 is 9.47 Å². The molecule has 2 aromatic rings. The Hall–Kier alpha value is -3.32. The molecule has 7 heteroatoms. The van der Waals surface area contributed by atoms with E-state index in [0.717, 1.165) is 12.1 Å². The van der Waals surface area contributed by atoms with Crippen molar-refractivity contribution in [2.45, 2.75) is 12.5 Å². The summed E-state index contributed by atoms with van der Waals surface area (Å²) in [6.07, 6.45) is 0.704. The van der Waals surface area contributed by atoms with Crippen LogP contribution in [0.4, 0.5) is 0 Å². The highest BCUT2D eigenvalue weighted by Gasteiger charge is 2.45. The van der Waals surface area contributed by atoms with Crippen molar-refractivity contribution >= 4 is 17.4 Å². The van der Waals surface area contributed by atoms with Gasteiger partial charge in [0.05, 0.1) is 25.8 Å². The van der Waals surface area contributed by atoms with Gasteiger partial charge in [-0.1, -0.05) is 12.1 Å². The van der Waals surface area contributed by atoms with E-state index in [9.17, 15) is 14.7 Å². The van der Waals surface area contributed by atoms with Crippen molar-refractivity contribution in [1.82, 2.24) is 9.80 Å². The number of aliphatic hydroxyl groups is 1. The average Bonchev–Trinajstić information content (AvgIpc) is 3.03. The van der Waals surface area contributed by atoms with Crippen LogP contribution in [0, 0.1) is 0 Å². The van der Waals surface area contributed by atoms with E-state index < -0.39 is 17.7 Å². The number of carbonyl (C=O) groups excluding carboxylic acids is 2. The molecule has 2 aromatic carbocycles. The fourth-order valence-electron chi connectivity index (χ4n) is 3.71.